The number of hydrogen-bond acceptors (Lipinski definition) is 6. The second kappa shape index (κ2) is 9.44. The quantitative estimate of drug-likeness (QED) is 0.311. The third-order valence-corrected chi connectivity index (χ3v) is 5.54. The van der Waals surface area contributed by atoms with E-state index in [0.29, 0.717) is 12.2 Å². The van der Waals surface area contributed by atoms with Crippen LogP contribution in [0, 0.1) is 11.6 Å². The van der Waals surface area contributed by atoms with Gasteiger partial charge in [-0.3, -0.25) is 9.48 Å². The van der Waals surface area contributed by atoms with E-state index in [0.717, 1.165) is 17.0 Å². The molecule has 0 aliphatic rings. The third-order valence-electron chi connectivity index (χ3n) is 5.54. The smallest absolute Gasteiger partial charge is 0.252 e. The Morgan fingerprint density at radius 3 is 2.56 bits per heavy atom. The Hall–Kier alpha value is -4.05. The second-order valence-corrected chi connectivity index (χ2v) is 7.91. The van der Waals surface area contributed by atoms with Gasteiger partial charge in [0, 0.05) is 23.5 Å². The van der Waals surface area contributed by atoms with E-state index in [1.54, 1.807) is 37.4 Å². The van der Waals surface area contributed by atoms with Gasteiger partial charge in [-0.25, -0.2) is 13.8 Å². The topological polar surface area (TPSA) is 124 Å². The van der Waals surface area contributed by atoms with Crippen molar-refractivity contribution in [2.75, 3.05) is 10.6 Å². The maximum Gasteiger partial charge on any atom is 0.252 e. The van der Waals surface area contributed by atoms with E-state index in [9.17, 15) is 13.6 Å². The van der Waals surface area contributed by atoms with Gasteiger partial charge < -0.3 is 22.1 Å². The van der Waals surface area contributed by atoms with Gasteiger partial charge in [0.05, 0.1) is 29.0 Å². The first-order valence-corrected chi connectivity index (χ1v) is 10.8. The van der Waals surface area contributed by atoms with Crippen molar-refractivity contribution in [2.24, 2.45) is 11.5 Å². The van der Waals surface area contributed by atoms with Crippen molar-refractivity contribution in [2.45, 2.75) is 32.5 Å². The Balaban J connectivity index is 1.76. The van der Waals surface area contributed by atoms with E-state index in [1.165, 1.54) is 6.07 Å². The number of halogens is 2. The van der Waals surface area contributed by atoms with E-state index >= 15 is 0 Å². The molecule has 2 aromatic heterocycles. The largest absolute Gasteiger partial charge is 0.365 e. The molecule has 176 valence electrons. The average Bonchev–Trinajstić information content (AvgIpc) is 3.23. The predicted molar refractivity (Wildman–Crippen MR) is 128 cm³/mol. The molecule has 0 saturated heterocycles. The number of aromatic nitrogens is 3. The van der Waals surface area contributed by atoms with Gasteiger partial charge in [-0.2, -0.15) is 5.10 Å². The summed E-state index contributed by atoms with van der Waals surface area (Å²) >= 11 is 0. The first-order chi connectivity index (χ1) is 16.3. The van der Waals surface area contributed by atoms with Crippen LogP contribution in [0.5, 0.6) is 0 Å². The molecule has 0 radical (unpaired) electrons. The van der Waals surface area contributed by atoms with Crippen molar-refractivity contribution in [3.63, 3.8) is 0 Å². The molecular formula is C24H25F2N7O. The molecule has 1 amide bonds. The fourth-order valence-electron chi connectivity index (χ4n) is 3.83. The number of rotatable bonds is 8. The predicted octanol–water partition coefficient (Wildman–Crippen LogP) is 4.07. The summed E-state index contributed by atoms with van der Waals surface area (Å²) in [6.07, 6.45) is 1.69. The van der Waals surface area contributed by atoms with Gasteiger partial charge >= 0.3 is 0 Å². The number of nitrogens with one attached hydrogen (secondary N) is 2. The van der Waals surface area contributed by atoms with Gasteiger partial charge in [0.15, 0.2) is 11.6 Å². The fourth-order valence-corrected chi connectivity index (χ4v) is 3.83. The number of fused-ring (bicyclic) bond motifs is 1. The Morgan fingerprint density at radius 1 is 1.12 bits per heavy atom. The molecule has 0 aliphatic carbocycles. The number of hydrogen-bond donors (Lipinski definition) is 4. The molecule has 34 heavy (non-hydrogen) atoms. The number of pyridine rings is 1. The summed E-state index contributed by atoms with van der Waals surface area (Å²) in [4.78, 5) is 16.4. The highest BCUT2D eigenvalue weighted by atomic mass is 19.1. The molecular weight excluding hydrogens is 440 g/mol. The van der Waals surface area contributed by atoms with E-state index in [1.807, 2.05) is 23.7 Å². The lowest BCUT2D eigenvalue weighted by Crippen LogP contribution is -2.32. The van der Waals surface area contributed by atoms with E-state index in [2.05, 4.69) is 20.7 Å². The molecule has 0 spiro atoms. The summed E-state index contributed by atoms with van der Waals surface area (Å²) in [6.45, 7) is 4.32. The Bertz CT molecular complexity index is 1350. The molecule has 8 nitrogen and oxygen atoms in total. The molecule has 0 aliphatic heterocycles. The summed E-state index contributed by atoms with van der Waals surface area (Å²) in [7, 11) is 0. The van der Waals surface area contributed by atoms with Crippen LogP contribution in [-0.4, -0.2) is 26.7 Å². The lowest BCUT2D eigenvalue weighted by molar-refractivity contribution is 0.100. The number of primary amides is 1. The number of amides is 1. The van der Waals surface area contributed by atoms with Crippen LogP contribution in [0.15, 0.2) is 54.7 Å². The van der Waals surface area contributed by atoms with Crippen molar-refractivity contribution in [1.82, 2.24) is 14.8 Å². The zero-order chi connectivity index (χ0) is 24.4. The van der Waals surface area contributed by atoms with Gasteiger partial charge in [-0.05, 0) is 38.1 Å². The van der Waals surface area contributed by atoms with Crippen molar-refractivity contribution in [3.05, 3.63) is 77.5 Å². The SMILES string of the molecule is CCn1ncc2c(Nc3nc(N[C@H](c4ccccc4F)[C@H](C)N)c(F)cc3C(N)=O)cccc21. The molecule has 6 N–H and O–H groups in total. The standard InChI is InChI=1S/C24H25F2N7O/c1-3-33-20-10-6-9-19(16(20)12-29-33)30-23-15(22(28)34)11-18(26)24(32-23)31-21(13(2)27)14-7-4-5-8-17(14)25/h4-13,21H,3,27H2,1-2H3,(H2,28,34)(H2,30,31,32)/t13-,21-/m0/s1. The number of nitrogens with zero attached hydrogens (tertiary/aromatic N) is 3. The van der Waals surface area contributed by atoms with E-state index in [-0.39, 0.29) is 22.8 Å². The first kappa shape index (κ1) is 23.1. The zero-order valence-corrected chi connectivity index (χ0v) is 18.7. The van der Waals surface area contributed by atoms with Crippen molar-refractivity contribution < 1.29 is 13.6 Å². The second-order valence-electron chi connectivity index (χ2n) is 7.91. The summed E-state index contributed by atoms with van der Waals surface area (Å²) in [5.41, 5.74) is 13.2. The fraction of sp³-hybridized carbons (Fsp3) is 0.208. The molecule has 2 heterocycles. The summed E-state index contributed by atoms with van der Waals surface area (Å²) in [5.74, 6) is -2.31. The number of carbonyl (C=O) groups is 1. The number of aryl methyl sites for hydroxylation is 1. The molecule has 4 rings (SSSR count). The number of nitrogens with two attached hydrogens (primary N) is 2. The average molecular weight is 466 g/mol. The third kappa shape index (κ3) is 4.40. The highest BCUT2D eigenvalue weighted by molar-refractivity contribution is 6.00. The summed E-state index contributed by atoms with van der Waals surface area (Å²) < 4.78 is 31.2. The van der Waals surface area contributed by atoms with Crippen LogP contribution in [0.25, 0.3) is 10.9 Å². The van der Waals surface area contributed by atoms with E-state index < -0.39 is 29.6 Å². The highest BCUT2D eigenvalue weighted by Crippen LogP contribution is 2.31. The lowest BCUT2D eigenvalue weighted by Gasteiger charge is -2.24. The molecule has 2 aromatic carbocycles. The van der Waals surface area contributed by atoms with Crippen molar-refractivity contribution in [1.29, 1.82) is 0 Å². The van der Waals surface area contributed by atoms with Crippen LogP contribution >= 0.6 is 0 Å². The van der Waals surface area contributed by atoms with E-state index in [4.69, 9.17) is 11.5 Å². The van der Waals surface area contributed by atoms with Gasteiger partial charge in [0.25, 0.3) is 5.91 Å². The number of benzene rings is 2. The monoisotopic (exact) mass is 465 g/mol. The van der Waals surface area contributed by atoms with Crippen molar-refractivity contribution in [3.8, 4) is 0 Å². The van der Waals surface area contributed by atoms with Gasteiger partial charge in [-0.15, -0.1) is 0 Å². The normalized spacial score (nSPS) is 13.0. The lowest BCUT2D eigenvalue weighted by atomic mass is 10.0. The highest BCUT2D eigenvalue weighted by Gasteiger charge is 2.24. The Kier molecular flexibility index (Phi) is 6.42. The first-order valence-electron chi connectivity index (χ1n) is 10.8. The van der Waals surface area contributed by atoms with Crippen LogP contribution in [0.1, 0.15) is 35.8 Å². The Morgan fingerprint density at radius 2 is 1.88 bits per heavy atom. The number of anilines is 3. The van der Waals surface area contributed by atoms with Crippen LogP contribution < -0.4 is 22.1 Å². The van der Waals surface area contributed by atoms with Crippen LogP contribution in [0.2, 0.25) is 0 Å². The van der Waals surface area contributed by atoms with Crippen LogP contribution in [0.3, 0.4) is 0 Å². The molecule has 0 bridgehead atoms. The molecule has 10 heteroatoms. The van der Waals surface area contributed by atoms with Gasteiger partial charge in [-0.1, -0.05) is 24.3 Å². The molecule has 2 atom stereocenters. The molecule has 4 aromatic rings. The molecule has 0 saturated carbocycles. The van der Waals surface area contributed by atoms with Crippen LogP contribution in [0.4, 0.5) is 26.1 Å². The maximum absolute atomic E-state index is 15.0. The maximum atomic E-state index is 15.0. The van der Waals surface area contributed by atoms with Crippen LogP contribution in [-0.2, 0) is 6.54 Å². The zero-order valence-electron chi connectivity index (χ0n) is 18.7. The molecule has 0 unspecified atom stereocenters. The minimum Gasteiger partial charge on any atom is -0.365 e. The summed E-state index contributed by atoms with van der Waals surface area (Å²) in [5, 5.41) is 11.1. The number of carbonyl (C=O) groups excluding carboxylic acids is 1. The van der Waals surface area contributed by atoms with Crippen molar-refractivity contribution >= 4 is 34.1 Å². The summed E-state index contributed by atoms with van der Waals surface area (Å²) in [6, 6.07) is 11.3. The van der Waals surface area contributed by atoms with Gasteiger partial charge in [0.2, 0.25) is 0 Å². The van der Waals surface area contributed by atoms with Gasteiger partial charge in [0.1, 0.15) is 11.6 Å². The molecule has 0 fully saturated rings. The minimum absolute atomic E-state index is 0.0464. The Labute approximate surface area is 195 Å². The minimum atomic E-state index is -0.852.